The van der Waals surface area contributed by atoms with Crippen LogP contribution in [0.25, 0.3) is 0 Å². The molecule has 1 saturated carbocycles. The highest BCUT2D eigenvalue weighted by Crippen LogP contribution is 2.36. The van der Waals surface area contributed by atoms with Gasteiger partial charge in [0.2, 0.25) is 0 Å². The smallest absolute Gasteiger partial charge is 0.188 e. The van der Waals surface area contributed by atoms with E-state index in [0.29, 0.717) is 12.5 Å². The Morgan fingerprint density at radius 1 is 1.35 bits per heavy atom. The summed E-state index contributed by atoms with van der Waals surface area (Å²) < 4.78 is 0. The molecule has 1 aliphatic carbocycles. The molecule has 0 radical (unpaired) electrons. The van der Waals surface area contributed by atoms with Gasteiger partial charge in [-0.3, -0.25) is 4.99 Å². The monoisotopic (exact) mass is 397 g/mol. The summed E-state index contributed by atoms with van der Waals surface area (Å²) in [5, 5.41) is 13.2. The Morgan fingerprint density at radius 3 is 2.75 bits per heavy atom. The Labute approximate surface area is 141 Å². The highest BCUT2D eigenvalue weighted by atomic mass is 127. The van der Waals surface area contributed by atoms with Gasteiger partial charge in [0, 0.05) is 12.0 Å². The molecule has 0 aliphatic heterocycles. The van der Waals surface area contributed by atoms with Crippen LogP contribution < -0.4 is 11.1 Å². The lowest BCUT2D eigenvalue weighted by Crippen LogP contribution is -2.40. The van der Waals surface area contributed by atoms with Crippen LogP contribution in [0.5, 0.6) is 0 Å². The van der Waals surface area contributed by atoms with Crippen molar-refractivity contribution >= 4 is 29.9 Å². The second-order valence-electron chi connectivity index (χ2n) is 6.10. The van der Waals surface area contributed by atoms with E-state index in [1.165, 1.54) is 25.7 Å². The highest BCUT2D eigenvalue weighted by molar-refractivity contribution is 14.0. The van der Waals surface area contributed by atoms with Gasteiger partial charge in [0.15, 0.2) is 5.96 Å². The SMILES string of the molecule is CCCCCCNC(N)=NCC1(C)CCCCC1O.I. The fraction of sp³-hybridized carbons (Fsp3) is 0.933. The number of aliphatic hydroxyl groups excluding tert-OH is 1. The fourth-order valence-electron chi connectivity index (χ4n) is 2.66. The minimum Gasteiger partial charge on any atom is -0.392 e. The Kier molecular flexibility index (Phi) is 10.6. The molecule has 4 N–H and O–H groups in total. The van der Waals surface area contributed by atoms with Crippen LogP contribution in [0.15, 0.2) is 4.99 Å². The molecule has 5 heteroatoms. The Balaban J connectivity index is 0.00000361. The van der Waals surface area contributed by atoms with Gasteiger partial charge < -0.3 is 16.2 Å². The molecule has 0 spiro atoms. The van der Waals surface area contributed by atoms with Crippen molar-refractivity contribution < 1.29 is 5.11 Å². The standard InChI is InChI=1S/C15H31N3O.HI/c1-3-4-5-8-11-17-14(16)18-12-15(2)10-7-6-9-13(15)19;/h13,19H,3-12H2,1-2H3,(H3,16,17,18);1H. The van der Waals surface area contributed by atoms with E-state index in [1.54, 1.807) is 0 Å². The highest BCUT2D eigenvalue weighted by Gasteiger charge is 2.35. The van der Waals surface area contributed by atoms with Crippen molar-refractivity contribution in [3.63, 3.8) is 0 Å². The van der Waals surface area contributed by atoms with E-state index in [-0.39, 0.29) is 35.5 Å². The van der Waals surface area contributed by atoms with Crippen LogP contribution in [0.3, 0.4) is 0 Å². The Hall–Kier alpha value is -0.0400. The van der Waals surface area contributed by atoms with Crippen molar-refractivity contribution in [3.8, 4) is 0 Å². The lowest BCUT2D eigenvalue weighted by Gasteiger charge is -2.37. The third kappa shape index (κ3) is 7.11. The fourth-order valence-corrected chi connectivity index (χ4v) is 2.66. The van der Waals surface area contributed by atoms with Crippen LogP contribution in [-0.4, -0.2) is 30.3 Å². The van der Waals surface area contributed by atoms with Gasteiger partial charge in [0.1, 0.15) is 0 Å². The summed E-state index contributed by atoms with van der Waals surface area (Å²) in [5.41, 5.74) is 5.78. The first-order chi connectivity index (χ1) is 9.08. The number of halogens is 1. The van der Waals surface area contributed by atoms with E-state index in [0.717, 1.165) is 32.2 Å². The van der Waals surface area contributed by atoms with Crippen molar-refractivity contribution in [2.45, 2.75) is 71.3 Å². The summed E-state index contributed by atoms with van der Waals surface area (Å²) in [5.74, 6) is 0.524. The van der Waals surface area contributed by atoms with E-state index in [9.17, 15) is 5.11 Å². The molecular weight excluding hydrogens is 365 g/mol. The molecule has 0 aromatic heterocycles. The van der Waals surface area contributed by atoms with Crippen LogP contribution in [-0.2, 0) is 0 Å². The van der Waals surface area contributed by atoms with Crippen molar-refractivity contribution in [3.05, 3.63) is 0 Å². The van der Waals surface area contributed by atoms with E-state index >= 15 is 0 Å². The average molecular weight is 397 g/mol. The van der Waals surface area contributed by atoms with Crippen molar-refractivity contribution in [2.24, 2.45) is 16.1 Å². The minimum atomic E-state index is -0.234. The zero-order chi connectivity index (χ0) is 14.1. The van der Waals surface area contributed by atoms with Crippen LogP contribution >= 0.6 is 24.0 Å². The molecule has 0 saturated heterocycles. The summed E-state index contributed by atoms with van der Waals surface area (Å²) in [6, 6.07) is 0. The molecular formula is C15H32IN3O. The van der Waals surface area contributed by atoms with Gasteiger partial charge in [-0.25, -0.2) is 0 Å². The first-order valence-corrected chi connectivity index (χ1v) is 7.80. The Morgan fingerprint density at radius 2 is 2.10 bits per heavy atom. The maximum atomic E-state index is 10.1. The van der Waals surface area contributed by atoms with E-state index in [1.807, 2.05) is 0 Å². The zero-order valence-electron chi connectivity index (χ0n) is 13.0. The maximum Gasteiger partial charge on any atom is 0.188 e. The molecule has 0 amide bonds. The predicted octanol–water partition coefficient (Wildman–Crippen LogP) is 3.03. The maximum absolute atomic E-state index is 10.1. The van der Waals surface area contributed by atoms with Gasteiger partial charge in [-0.05, 0) is 19.3 Å². The molecule has 1 rings (SSSR count). The number of hydrogen-bond acceptors (Lipinski definition) is 2. The largest absolute Gasteiger partial charge is 0.392 e. The molecule has 1 fully saturated rings. The number of unbranched alkanes of at least 4 members (excludes halogenated alkanes) is 3. The van der Waals surface area contributed by atoms with Crippen molar-refractivity contribution in [1.82, 2.24) is 5.32 Å². The number of rotatable bonds is 7. The number of nitrogens with zero attached hydrogens (tertiary/aromatic N) is 1. The van der Waals surface area contributed by atoms with E-state index in [4.69, 9.17) is 5.73 Å². The summed E-state index contributed by atoms with van der Waals surface area (Å²) in [4.78, 5) is 4.41. The average Bonchev–Trinajstić information content (AvgIpc) is 2.40. The van der Waals surface area contributed by atoms with Crippen LogP contribution in [0.4, 0.5) is 0 Å². The molecule has 2 unspecified atom stereocenters. The summed E-state index contributed by atoms with van der Waals surface area (Å²) >= 11 is 0. The Bertz CT molecular complexity index is 286. The van der Waals surface area contributed by atoms with Gasteiger partial charge in [0.25, 0.3) is 0 Å². The van der Waals surface area contributed by atoms with Gasteiger partial charge in [-0.15, -0.1) is 24.0 Å². The second-order valence-corrected chi connectivity index (χ2v) is 6.10. The number of aliphatic imine (C=N–C) groups is 1. The normalized spacial score (nSPS) is 26.9. The topological polar surface area (TPSA) is 70.6 Å². The second kappa shape index (κ2) is 10.7. The number of nitrogens with one attached hydrogen (secondary N) is 1. The summed E-state index contributed by atoms with van der Waals surface area (Å²) in [6.45, 7) is 5.85. The van der Waals surface area contributed by atoms with Crippen molar-refractivity contribution in [1.29, 1.82) is 0 Å². The molecule has 0 bridgehead atoms. The minimum absolute atomic E-state index is 0. The number of aliphatic hydroxyl groups is 1. The zero-order valence-corrected chi connectivity index (χ0v) is 15.4. The molecule has 20 heavy (non-hydrogen) atoms. The number of guanidine groups is 1. The van der Waals surface area contributed by atoms with Crippen molar-refractivity contribution in [2.75, 3.05) is 13.1 Å². The quantitative estimate of drug-likeness (QED) is 0.268. The molecule has 120 valence electrons. The number of hydrogen-bond donors (Lipinski definition) is 3. The van der Waals surface area contributed by atoms with Gasteiger partial charge in [-0.2, -0.15) is 0 Å². The van der Waals surface area contributed by atoms with Crippen LogP contribution in [0, 0.1) is 5.41 Å². The molecule has 0 aromatic rings. The first-order valence-electron chi connectivity index (χ1n) is 7.80. The van der Waals surface area contributed by atoms with Crippen LogP contribution in [0.2, 0.25) is 0 Å². The lowest BCUT2D eigenvalue weighted by atomic mass is 9.73. The third-order valence-corrected chi connectivity index (χ3v) is 4.23. The predicted molar refractivity (Wildman–Crippen MR) is 96.6 cm³/mol. The summed E-state index contributed by atoms with van der Waals surface area (Å²) in [6.07, 6.45) is 8.94. The van der Waals surface area contributed by atoms with Gasteiger partial charge in [-0.1, -0.05) is 46.0 Å². The first kappa shape index (κ1) is 20.0. The lowest BCUT2D eigenvalue weighted by molar-refractivity contribution is 0.00719. The number of nitrogens with two attached hydrogens (primary N) is 1. The molecule has 4 nitrogen and oxygen atoms in total. The molecule has 1 aliphatic rings. The summed E-state index contributed by atoms with van der Waals surface area (Å²) in [7, 11) is 0. The van der Waals surface area contributed by atoms with Crippen LogP contribution in [0.1, 0.15) is 65.2 Å². The molecule has 2 atom stereocenters. The van der Waals surface area contributed by atoms with E-state index < -0.39 is 0 Å². The van der Waals surface area contributed by atoms with E-state index in [2.05, 4.69) is 24.2 Å². The van der Waals surface area contributed by atoms with Gasteiger partial charge >= 0.3 is 0 Å². The molecule has 0 aromatic carbocycles. The van der Waals surface area contributed by atoms with Gasteiger partial charge in [0.05, 0.1) is 12.6 Å². The third-order valence-electron chi connectivity index (χ3n) is 4.23. The molecule has 0 heterocycles.